The summed E-state index contributed by atoms with van der Waals surface area (Å²) in [6, 6.07) is 8.66. The van der Waals surface area contributed by atoms with Crippen molar-refractivity contribution in [3.05, 3.63) is 65.6 Å². The Morgan fingerprint density at radius 2 is 1.86 bits per heavy atom. The highest BCUT2D eigenvalue weighted by Crippen LogP contribution is 2.43. The summed E-state index contributed by atoms with van der Waals surface area (Å²) < 4.78 is 19.5. The van der Waals surface area contributed by atoms with Gasteiger partial charge in [0.2, 0.25) is 11.7 Å². The molecule has 2 unspecified atom stereocenters. The molecule has 0 aliphatic carbocycles. The molecule has 1 amide bonds. The van der Waals surface area contributed by atoms with E-state index >= 15 is 0 Å². The fourth-order valence-corrected chi connectivity index (χ4v) is 4.60. The van der Waals surface area contributed by atoms with Crippen molar-refractivity contribution in [3.63, 3.8) is 0 Å². The number of nitrogens with zero attached hydrogens (tertiary/aromatic N) is 4. The van der Waals surface area contributed by atoms with Crippen molar-refractivity contribution in [2.24, 2.45) is 0 Å². The predicted octanol–water partition coefficient (Wildman–Crippen LogP) is 4.13. The number of hydrogen-bond donors (Lipinski definition) is 0. The van der Waals surface area contributed by atoms with E-state index in [9.17, 15) is 9.18 Å². The third-order valence-corrected chi connectivity index (χ3v) is 6.12. The van der Waals surface area contributed by atoms with Crippen molar-refractivity contribution in [1.29, 1.82) is 0 Å². The zero-order valence-corrected chi connectivity index (χ0v) is 16.1. The van der Waals surface area contributed by atoms with E-state index in [1.807, 2.05) is 17.0 Å². The molecule has 29 heavy (non-hydrogen) atoms. The Kier molecular flexibility index (Phi) is 4.38. The van der Waals surface area contributed by atoms with Crippen LogP contribution in [0.15, 0.2) is 47.2 Å². The van der Waals surface area contributed by atoms with Gasteiger partial charge in [-0.2, -0.15) is 4.98 Å². The lowest BCUT2D eigenvalue weighted by Crippen LogP contribution is -2.46. The van der Waals surface area contributed by atoms with E-state index in [2.05, 4.69) is 15.1 Å². The summed E-state index contributed by atoms with van der Waals surface area (Å²) in [4.78, 5) is 23.6. The molecule has 5 rings (SSSR count). The second kappa shape index (κ2) is 7.06. The number of carbonyl (C=O) groups is 1. The van der Waals surface area contributed by atoms with Crippen LogP contribution in [0.5, 0.6) is 0 Å². The van der Waals surface area contributed by atoms with Crippen LogP contribution in [0.2, 0.25) is 0 Å². The molecule has 0 N–H and O–H groups in total. The van der Waals surface area contributed by atoms with Gasteiger partial charge in [0, 0.05) is 41.5 Å². The molecule has 1 aromatic carbocycles. The second-order valence-electron chi connectivity index (χ2n) is 7.92. The zero-order chi connectivity index (χ0) is 20.0. The number of fused-ring (bicyclic) bond motifs is 2. The van der Waals surface area contributed by atoms with E-state index in [1.165, 1.54) is 6.07 Å². The fraction of sp³-hybridized carbons (Fsp3) is 0.364. The molecule has 0 spiro atoms. The molecule has 2 aromatic heterocycles. The minimum absolute atomic E-state index is 0.0853. The van der Waals surface area contributed by atoms with Gasteiger partial charge in [-0.3, -0.25) is 9.78 Å². The standard InChI is InChI=1S/C22H21FN4O2/c1-13-2-3-15(12-19(13)23)22(28)27-17-4-5-18(27)11-16(10-17)21-25-20(26-29-21)14-6-8-24-9-7-14/h2-3,6-9,12,16-18H,4-5,10-11H2,1H3. The number of piperidine rings is 1. The SMILES string of the molecule is Cc1ccc(C(=O)N2C3CCC2CC(c2nc(-c4ccncc4)no2)C3)cc1F. The molecular weight excluding hydrogens is 371 g/mol. The minimum atomic E-state index is -0.340. The van der Waals surface area contributed by atoms with Gasteiger partial charge in [0.1, 0.15) is 5.82 Å². The highest BCUT2D eigenvalue weighted by atomic mass is 19.1. The third kappa shape index (κ3) is 3.20. The molecule has 2 saturated heterocycles. The Hall–Kier alpha value is -3.09. The summed E-state index contributed by atoms with van der Waals surface area (Å²) >= 11 is 0. The van der Waals surface area contributed by atoms with Gasteiger partial charge < -0.3 is 9.42 Å². The Balaban J connectivity index is 1.34. The fourth-order valence-electron chi connectivity index (χ4n) is 4.60. The van der Waals surface area contributed by atoms with Gasteiger partial charge in [0.05, 0.1) is 0 Å². The zero-order valence-electron chi connectivity index (χ0n) is 16.1. The third-order valence-electron chi connectivity index (χ3n) is 6.12. The molecule has 2 bridgehead atoms. The summed E-state index contributed by atoms with van der Waals surface area (Å²) in [5.74, 6) is 0.894. The van der Waals surface area contributed by atoms with Crippen molar-refractivity contribution < 1.29 is 13.7 Å². The summed E-state index contributed by atoms with van der Waals surface area (Å²) in [6.07, 6.45) is 6.87. The quantitative estimate of drug-likeness (QED) is 0.670. The normalized spacial score (nSPS) is 23.4. The Labute approximate surface area is 167 Å². The summed E-state index contributed by atoms with van der Waals surface area (Å²) in [5, 5.41) is 4.12. The maximum Gasteiger partial charge on any atom is 0.254 e. The highest BCUT2D eigenvalue weighted by Gasteiger charge is 2.45. The average molecular weight is 392 g/mol. The first-order valence-electron chi connectivity index (χ1n) is 9.93. The minimum Gasteiger partial charge on any atom is -0.339 e. The van der Waals surface area contributed by atoms with Crippen LogP contribution in [-0.4, -0.2) is 38.0 Å². The first-order chi connectivity index (χ1) is 14.1. The van der Waals surface area contributed by atoms with Gasteiger partial charge in [-0.05, 0) is 62.4 Å². The number of halogens is 1. The number of pyridine rings is 1. The lowest BCUT2D eigenvalue weighted by atomic mass is 9.90. The largest absolute Gasteiger partial charge is 0.339 e. The molecular formula is C22H21FN4O2. The molecule has 0 saturated carbocycles. The smallest absolute Gasteiger partial charge is 0.254 e. The molecule has 3 aromatic rings. The number of aryl methyl sites for hydroxylation is 1. The number of aromatic nitrogens is 3. The summed E-state index contributed by atoms with van der Waals surface area (Å²) in [6.45, 7) is 1.70. The van der Waals surface area contributed by atoms with Crippen LogP contribution in [0.25, 0.3) is 11.4 Å². The van der Waals surface area contributed by atoms with E-state index < -0.39 is 0 Å². The van der Waals surface area contributed by atoms with Crippen LogP contribution in [0.4, 0.5) is 4.39 Å². The van der Waals surface area contributed by atoms with E-state index in [4.69, 9.17) is 4.52 Å². The van der Waals surface area contributed by atoms with Gasteiger partial charge in [-0.1, -0.05) is 11.2 Å². The molecule has 6 nitrogen and oxygen atoms in total. The van der Waals surface area contributed by atoms with Crippen molar-refractivity contribution in [1.82, 2.24) is 20.0 Å². The average Bonchev–Trinajstić information content (AvgIpc) is 3.33. The second-order valence-corrected chi connectivity index (χ2v) is 7.92. The predicted molar refractivity (Wildman–Crippen MR) is 104 cm³/mol. The van der Waals surface area contributed by atoms with E-state index in [1.54, 1.807) is 31.5 Å². The summed E-state index contributed by atoms with van der Waals surface area (Å²) in [5.41, 5.74) is 1.83. The Morgan fingerprint density at radius 3 is 2.55 bits per heavy atom. The number of amides is 1. The Morgan fingerprint density at radius 1 is 1.14 bits per heavy atom. The Bertz CT molecular complexity index is 1040. The van der Waals surface area contributed by atoms with Crippen LogP contribution in [0.1, 0.15) is 53.4 Å². The van der Waals surface area contributed by atoms with Crippen molar-refractivity contribution in [2.75, 3.05) is 0 Å². The van der Waals surface area contributed by atoms with Gasteiger partial charge in [-0.15, -0.1) is 0 Å². The van der Waals surface area contributed by atoms with Crippen LogP contribution in [0, 0.1) is 12.7 Å². The van der Waals surface area contributed by atoms with Crippen LogP contribution < -0.4 is 0 Å². The number of benzene rings is 1. The lowest BCUT2D eigenvalue weighted by molar-refractivity contribution is 0.0554. The van der Waals surface area contributed by atoms with Gasteiger partial charge in [0.25, 0.3) is 5.91 Å². The van der Waals surface area contributed by atoms with Gasteiger partial charge in [-0.25, -0.2) is 4.39 Å². The summed E-state index contributed by atoms with van der Waals surface area (Å²) in [7, 11) is 0. The topological polar surface area (TPSA) is 72.1 Å². The molecule has 2 aliphatic heterocycles. The highest BCUT2D eigenvalue weighted by molar-refractivity contribution is 5.95. The van der Waals surface area contributed by atoms with E-state index in [0.717, 1.165) is 31.2 Å². The first kappa shape index (κ1) is 18.0. The number of rotatable bonds is 3. The molecule has 0 radical (unpaired) electrons. The van der Waals surface area contributed by atoms with Crippen molar-refractivity contribution >= 4 is 5.91 Å². The van der Waals surface area contributed by atoms with Gasteiger partial charge in [0.15, 0.2) is 0 Å². The van der Waals surface area contributed by atoms with Crippen LogP contribution in [-0.2, 0) is 0 Å². The van der Waals surface area contributed by atoms with Gasteiger partial charge >= 0.3 is 0 Å². The van der Waals surface area contributed by atoms with E-state index in [0.29, 0.717) is 22.8 Å². The number of carbonyl (C=O) groups excluding carboxylic acids is 1. The molecule has 2 atom stereocenters. The number of hydrogen-bond acceptors (Lipinski definition) is 5. The molecule has 2 aliphatic rings. The lowest BCUT2D eigenvalue weighted by Gasteiger charge is -2.38. The monoisotopic (exact) mass is 392 g/mol. The maximum absolute atomic E-state index is 13.9. The molecule has 2 fully saturated rings. The molecule has 7 heteroatoms. The van der Waals surface area contributed by atoms with Crippen molar-refractivity contribution in [2.45, 2.75) is 50.6 Å². The van der Waals surface area contributed by atoms with Crippen LogP contribution >= 0.6 is 0 Å². The molecule has 148 valence electrons. The van der Waals surface area contributed by atoms with Crippen LogP contribution in [0.3, 0.4) is 0 Å². The maximum atomic E-state index is 13.9. The van der Waals surface area contributed by atoms with E-state index in [-0.39, 0.29) is 29.7 Å². The molecule has 4 heterocycles. The van der Waals surface area contributed by atoms with Crippen molar-refractivity contribution in [3.8, 4) is 11.4 Å². The first-order valence-corrected chi connectivity index (χ1v) is 9.93.